The highest BCUT2D eigenvalue weighted by atomic mass is 16.3. The Kier molecular flexibility index (Phi) is 6.81. The number of nitrogens with two attached hydrogens (primary N) is 1. The second-order valence-electron chi connectivity index (χ2n) is 7.32. The average Bonchev–Trinajstić information content (AvgIpc) is 2.59. The Morgan fingerprint density at radius 3 is 2.19 bits per heavy atom. The SMILES string of the molecule is CC(C)N(CC[C@H](c1ccccc1)c1cc(C(N)=O)ccc1O)C(C)C. The number of phenols is 1. The molecule has 0 aromatic heterocycles. The van der Waals surface area contributed by atoms with Crippen molar-refractivity contribution in [3.05, 3.63) is 65.2 Å². The first-order valence-corrected chi connectivity index (χ1v) is 9.24. The largest absolute Gasteiger partial charge is 0.508 e. The highest BCUT2D eigenvalue weighted by molar-refractivity contribution is 5.93. The standard InChI is InChI=1S/C22H30N2O2/c1-15(2)24(16(3)4)13-12-19(17-8-6-5-7-9-17)20-14-18(22(23)26)10-11-21(20)25/h5-11,14-16,19,25H,12-13H2,1-4H3,(H2,23,26)/t19-/m1/s1. The number of aromatic hydroxyl groups is 1. The highest BCUT2D eigenvalue weighted by Gasteiger charge is 2.22. The molecule has 0 aliphatic carbocycles. The van der Waals surface area contributed by atoms with Gasteiger partial charge in [0, 0.05) is 29.1 Å². The van der Waals surface area contributed by atoms with Gasteiger partial charge in [-0.2, -0.15) is 0 Å². The fourth-order valence-electron chi connectivity index (χ4n) is 3.56. The summed E-state index contributed by atoms with van der Waals surface area (Å²) in [4.78, 5) is 14.0. The smallest absolute Gasteiger partial charge is 0.248 e. The van der Waals surface area contributed by atoms with Crippen LogP contribution in [0.1, 0.15) is 61.5 Å². The average molecular weight is 354 g/mol. The third kappa shape index (κ3) is 4.85. The maximum absolute atomic E-state index is 11.6. The molecule has 0 fully saturated rings. The third-order valence-electron chi connectivity index (χ3n) is 4.89. The third-order valence-corrected chi connectivity index (χ3v) is 4.89. The van der Waals surface area contributed by atoms with Crippen molar-refractivity contribution in [1.29, 1.82) is 0 Å². The van der Waals surface area contributed by atoms with Gasteiger partial charge in [0.2, 0.25) is 5.91 Å². The summed E-state index contributed by atoms with van der Waals surface area (Å²) in [5.74, 6) is -0.288. The van der Waals surface area contributed by atoms with Crippen molar-refractivity contribution in [1.82, 2.24) is 4.90 Å². The molecule has 0 aliphatic heterocycles. The highest BCUT2D eigenvalue weighted by Crippen LogP contribution is 2.35. The van der Waals surface area contributed by atoms with Gasteiger partial charge in [-0.1, -0.05) is 30.3 Å². The summed E-state index contributed by atoms with van der Waals surface area (Å²) >= 11 is 0. The van der Waals surface area contributed by atoms with Crippen LogP contribution in [0.5, 0.6) is 5.75 Å². The van der Waals surface area contributed by atoms with E-state index in [1.807, 2.05) is 18.2 Å². The van der Waals surface area contributed by atoms with Gasteiger partial charge in [0.15, 0.2) is 0 Å². The second kappa shape index (κ2) is 8.86. The van der Waals surface area contributed by atoms with E-state index in [1.54, 1.807) is 18.2 Å². The molecule has 1 atom stereocenters. The van der Waals surface area contributed by atoms with Crippen molar-refractivity contribution in [2.45, 2.75) is 52.1 Å². The van der Waals surface area contributed by atoms with Gasteiger partial charge in [-0.3, -0.25) is 9.69 Å². The Morgan fingerprint density at radius 2 is 1.65 bits per heavy atom. The normalized spacial score (nSPS) is 12.7. The lowest BCUT2D eigenvalue weighted by Gasteiger charge is -2.32. The molecule has 0 spiro atoms. The fraction of sp³-hybridized carbons (Fsp3) is 0.409. The lowest BCUT2D eigenvalue weighted by molar-refractivity contribution is 0.1000. The van der Waals surface area contributed by atoms with Gasteiger partial charge in [0.25, 0.3) is 0 Å². The first kappa shape index (κ1) is 20.0. The molecule has 0 radical (unpaired) electrons. The van der Waals surface area contributed by atoms with Crippen LogP contribution in [0.4, 0.5) is 0 Å². The molecule has 2 aromatic carbocycles. The second-order valence-corrected chi connectivity index (χ2v) is 7.32. The van der Waals surface area contributed by atoms with Crippen LogP contribution in [0.15, 0.2) is 48.5 Å². The molecule has 2 rings (SSSR count). The van der Waals surface area contributed by atoms with Gasteiger partial charge in [-0.25, -0.2) is 0 Å². The molecule has 2 aromatic rings. The first-order valence-electron chi connectivity index (χ1n) is 9.24. The van der Waals surface area contributed by atoms with Gasteiger partial charge in [0.05, 0.1) is 0 Å². The maximum Gasteiger partial charge on any atom is 0.248 e. The molecule has 140 valence electrons. The fourth-order valence-corrected chi connectivity index (χ4v) is 3.56. The molecule has 0 saturated heterocycles. The van der Waals surface area contributed by atoms with Crippen molar-refractivity contribution in [3.63, 3.8) is 0 Å². The predicted molar refractivity (Wildman–Crippen MR) is 107 cm³/mol. The number of phenolic OH excluding ortho intramolecular Hbond substituents is 1. The minimum atomic E-state index is -0.482. The molecule has 0 aliphatic rings. The molecule has 26 heavy (non-hydrogen) atoms. The van der Waals surface area contributed by atoms with E-state index in [4.69, 9.17) is 5.73 Å². The number of carbonyl (C=O) groups excluding carboxylic acids is 1. The van der Waals surface area contributed by atoms with Crippen molar-refractivity contribution in [2.24, 2.45) is 5.73 Å². The zero-order chi connectivity index (χ0) is 19.3. The van der Waals surface area contributed by atoms with Crippen LogP contribution < -0.4 is 5.73 Å². The van der Waals surface area contributed by atoms with E-state index in [2.05, 4.69) is 44.7 Å². The van der Waals surface area contributed by atoms with Crippen LogP contribution in [0.25, 0.3) is 0 Å². The van der Waals surface area contributed by atoms with E-state index in [0.717, 1.165) is 24.1 Å². The summed E-state index contributed by atoms with van der Waals surface area (Å²) in [5.41, 5.74) is 7.74. The Bertz CT molecular complexity index is 718. The van der Waals surface area contributed by atoms with E-state index < -0.39 is 5.91 Å². The van der Waals surface area contributed by atoms with Gasteiger partial charge in [0.1, 0.15) is 5.75 Å². The maximum atomic E-state index is 11.6. The number of primary amides is 1. The molecule has 4 nitrogen and oxygen atoms in total. The van der Waals surface area contributed by atoms with Crippen LogP contribution in [-0.2, 0) is 0 Å². The summed E-state index contributed by atoms with van der Waals surface area (Å²) in [6.07, 6.45) is 0.843. The summed E-state index contributed by atoms with van der Waals surface area (Å²) in [6.45, 7) is 9.69. The van der Waals surface area contributed by atoms with Gasteiger partial charge >= 0.3 is 0 Å². The van der Waals surface area contributed by atoms with Crippen LogP contribution in [0.3, 0.4) is 0 Å². The molecule has 1 amide bonds. The number of carbonyl (C=O) groups is 1. The van der Waals surface area contributed by atoms with Crippen LogP contribution in [-0.4, -0.2) is 34.5 Å². The molecule has 0 bridgehead atoms. The monoisotopic (exact) mass is 354 g/mol. The number of hydrogen-bond acceptors (Lipinski definition) is 3. The summed E-state index contributed by atoms with van der Waals surface area (Å²) in [6, 6.07) is 15.9. The molecule has 0 unspecified atom stereocenters. The molecule has 0 saturated carbocycles. The zero-order valence-electron chi connectivity index (χ0n) is 16.1. The Labute approximate surface area is 156 Å². The minimum absolute atomic E-state index is 0.00417. The number of benzene rings is 2. The molecular formula is C22H30N2O2. The minimum Gasteiger partial charge on any atom is -0.508 e. The number of amides is 1. The van der Waals surface area contributed by atoms with Crippen molar-refractivity contribution >= 4 is 5.91 Å². The molecule has 3 N–H and O–H groups in total. The predicted octanol–water partition coefficient (Wildman–Crippen LogP) is 4.13. The van der Waals surface area contributed by atoms with Crippen molar-refractivity contribution in [2.75, 3.05) is 6.54 Å². The quantitative estimate of drug-likeness (QED) is 0.749. The van der Waals surface area contributed by atoms with E-state index >= 15 is 0 Å². The van der Waals surface area contributed by atoms with E-state index in [-0.39, 0.29) is 11.7 Å². The van der Waals surface area contributed by atoms with E-state index in [9.17, 15) is 9.90 Å². The zero-order valence-corrected chi connectivity index (χ0v) is 16.1. The first-order chi connectivity index (χ1) is 12.3. The summed E-state index contributed by atoms with van der Waals surface area (Å²) in [7, 11) is 0. The van der Waals surface area contributed by atoms with Crippen LogP contribution in [0, 0.1) is 0 Å². The Hall–Kier alpha value is -2.33. The molecular weight excluding hydrogens is 324 g/mol. The van der Waals surface area contributed by atoms with Gasteiger partial charge in [-0.15, -0.1) is 0 Å². The number of nitrogens with zero attached hydrogens (tertiary/aromatic N) is 1. The summed E-state index contributed by atoms with van der Waals surface area (Å²) in [5, 5.41) is 10.5. The number of hydrogen-bond donors (Lipinski definition) is 2. The van der Waals surface area contributed by atoms with Gasteiger partial charge in [-0.05, 0) is 64.4 Å². The van der Waals surface area contributed by atoms with E-state index in [1.165, 1.54) is 0 Å². The van der Waals surface area contributed by atoms with Crippen LogP contribution >= 0.6 is 0 Å². The van der Waals surface area contributed by atoms with Crippen molar-refractivity contribution < 1.29 is 9.90 Å². The van der Waals surface area contributed by atoms with Crippen molar-refractivity contribution in [3.8, 4) is 5.75 Å². The lowest BCUT2D eigenvalue weighted by atomic mass is 9.86. The number of rotatable bonds is 8. The van der Waals surface area contributed by atoms with Crippen LogP contribution in [0.2, 0.25) is 0 Å². The van der Waals surface area contributed by atoms with Gasteiger partial charge < -0.3 is 10.8 Å². The summed E-state index contributed by atoms with van der Waals surface area (Å²) < 4.78 is 0. The molecule has 0 heterocycles. The van der Waals surface area contributed by atoms with E-state index in [0.29, 0.717) is 17.6 Å². The Balaban J connectivity index is 2.40. The molecule has 4 heteroatoms. The lowest BCUT2D eigenvalue weighted by Crippen LogP contribution is -2.38. The Morgan fingerprint density at radius 1 is 1.04 bits per heavy atom. The topological polar surface area (TPSA) is 66.6 Å².